The highest BCUT2D eigenvalue weighted by Crippen LogP contribution is 2.16. The topological polar surface area (TPSA) is 70.6 Å². The van der Waals surface area contributed by atoms with Crippen LogP contribution in [0.3, 0.4) is 0 Å². The number of carbonyl (C=O) groups excluding carboxylic acids is 1. The van der Waals surface area contributed by atoms with Gasteiger partial charge in [-0.15, -0.1) is 0 Å². The average Bonchev–Trinajstić information content (AvgIpc) is 2.89. The zero-order valence-electron chi connectivity index (χ0n) is 19.6. The highest BCUT2D eigenvalue weighted by Gasteiger charge is 2.18. The van der Waals surface area contributed by atoms with E-state index in [0.29, 0.717) is 25.1 Å². The first-order valence-corrected chi connectivity index (χ1v) is 11.8. The van der Waals surface area contributed by atoms with Crippen LogP contribution in [0, 0.1) is 5.82 Å². The Bertz CT molecular complexity index is 1100. The molecular formula is C27H30FN5O2. The number of amides is 1. The summed E-state index contributed by atoms with van der Waals surface area (Å²) in [6.45, 7) is 5.70. The standard InChI is InChI=1S/C27H30FN5O2/c28-24-5-1-4-22(20-24)8-11-26(34)29-14-3-19-35-25-9-6-23(7-10-25)21-32-15-17-33(18-16-32)27-30-12-2-13-31-27/h1-2,4-13,20H,3,14-19,21H2,(H,29,34)/b11-8+. The summed E-state index contributed by atoms with van der Waals surface area (Å²) in [5.74, 6) is 1.08. The Hall–Kier alpha value is -3.78. The number of hydrogen-bond acceptors (Lipinski definition) is 6. The van der Waals surface area contributed by atoms with Gasteiger partial charge in [0.15, 0.2) is 0 Å². The molecule has 1 N–H and O–H groups in total. The van der Waals surface area contributed by atoms with E-state index in [9.17, 15) is 9.18 Å². The quantitative estimate of drug-likeness (QED) is 0.357. The first kappa shape index (κ1) is 24.3. The minimum absolute atomic E-state index is 0.212. The van der Waals surface area contributed by atoms with Crippen LogP contribution in [0.25, 0.3) is 6.08 Å². The normalized spacial score (nSPS) is 14.3. The van der Waals surface area contributed by atoms with Gasteiger partial charge in [-0.1, -0.05) is 24.3 Å². The summed E-state index contributed by atoms with van der Waals surface area (Å²) in [7, 11) is 0. The lowest BCUT2D eigenvalue weighted by atomic mass is 10.2. The molecule has 2 heterocycles. The van der Waals surface area contributed by atoms with Gasteiger partial charge in [0.1, 0.15) is 11.6 Å². The zero-order valence-corrected chi connectivity index (χ0v) is 19.6. The molecule has 1 fully saturated rings. The fourth-order valence-electron chi connectivity index (χ4n) is 3.82. The van der Waals surface area contributed by atoms with Gasteiger partial charge in [-0.05, 0) is 54.0 Å². The molecule has 3 aromatic rings. The lowest BCUT2D eigenvalue weighted by Gasteiger charge is -2.34. The molecule has 0 radical (unpaired) electrons. The molecule has 0 atom stereocenters. The van der Waals surface area contributed by atoms with E-state index in [1.165, 1.54) is 23.8 Å². The number of aromatic nitrogens is 2. The van der Waals surface area contributed by atoms with Crippen molar-refractivity contribution in [3.05, 3.63) is 90.0 Å². The van der Waals surface area contributed by atoms with E-state index < -0.39 is 0 Å². The SMILES string of the molecule is O=C(/C=C/c1cccc(F)c1)NCCCOc1ccc(CN2CCN(c3ncccn3)CC2)cc1. The van der Waals surface area contributed by atoms with Gasteiger partial charge < -0.3 is 15.0 Å². The summed E-state index contributed by atoms with van der Waals surface area (Å²) >= 11 is 0. The zero-order chi connectivity index (χ0) is 24.3. The average molecular weight is 476 g/mol. The van der Waals surface area contributed by atoms with Gasteiger partial charge in [0.2, 0.25) is 11.9 Å². The van der Waals surface area contributed by atoms with Crippen molar-refractivity contribution in [2.45, 2.75) is 13.0 Å². The number of rotatable bonds is 10. The Morgan fingerprint density at radius 3 is 2.54 bits per heavy atom. The van der Waals surface area contributed by atoms with Crippen molar-refractivity contribution in [2.24, 2.45) is 0 Å². The van der Waals surface area contributed by atoms with E-state index >= 15 is 0 Å². The van der Waals surface area contributed by atoms with E-state index in [-0.39, 0.29) is 11.7 Å². The van der Waals surface area contributed by atoms with Crippen molar-refractivity contribution in [3.63, 3.8) is 0 Å². The number of piperazine rings is 1. The monoisotopic (exact) mass is 475 g/mol. The molecule has 0 saturated carbocycles. The van der Waals surface area contributed by atoms with Crippen molar-refractivity contribution in [3.8, 4) is 5.75 Å². The minimum atomic E-state index is -0.324. The van der Waals surface area contributed by atoms with E-state index in [1.807, 2.05) is 18.2 Å². The fraction of sp³-hybridized carbons (Fsp3) is 0.296. The number of nitrogens with one attached hydrogen (secondary N) is 1. The second-order valence-corrected chi connectivity index (χ2v) is 8.34. The summed E-state index contributed by atoms with van der Waals surface area (Å²) in [5, 5.41) is 2.81. The van der Waals surface area contributed by atoms with Crippen molar-refractivity contribution < 1.29 is 13.9 Å². The van der Waals surface area contributed by atoms with Crippen LogP contribution in [-0.2, 0) is 11.3 Å². The first-order valence-electron chi connectivity index (χ1n) is 11.8. The van der Waals surface area contributed by atoms with Crippen molar-refractivity contribution in [1.29, 1.82) is 0 Å². The predicted molar refractivity (Wildman–Crippen MR) is 135 cm³/mol. The van der Waals surface area contributed by atoms with Gasteiger partial charge in [0.05, 0.1) is 6.61 Å². The molecule has 35 heavy (non-hydrogen) atoms. The number of carbonyl (C=O) groups is 1. The Morgan fingerprint density at radius 2 is 1.80 bits per heavy atom. The number of benzene rings is 2. The Morgan fingerprint density at radius 1 is 1.03 bits per heavy atom. The number of hydrogen-bond donors (Lipinski definition) is 1. The van der Waals surface area contributed by atoms with Crippen LogP contribution >= 0.6 is 0 Å². The summed E-state index contributed by atoms with van der Waals surface area (Å²) < 4.78 is 19.0. The number of ether oxygens (including phenoxy) is 1. The number of nitrogens with zero attached hydrogens (tertiary/aromatic N) is 4. The van der Waals surface area contributed by atoms with E-state index in [4.69, 9.17) is 4.74 Å². The Labute approximate surface area is 205 Å². The van der Waals surface area contributed by atoms with Gasteiger partial charge in [-0.2, -0.15) is 0 Å². The third kappa shape index (κ3) is 7.89. The maximum absolute atomic E-state index is 13.2. The van der Waals surface area contributed by atoms with Crippen LogP contribution in [0.5, 0.6) is 5.75 Å². The molecule has 0 spiro atoms. The smallest absolute Gasteiger partial charge is 0.244 e. The van der Waals surface area contributed by atoms with Crippen molar-refractivity contribution in [1.82, 2.24) is 20.2 Å². The van der Waals surface area contributed by atoms with E-state index in [2.05, 4.69) is 37.2 Å². The molecule has 0 unspecified atom stereocenters. The molecule has 2 aromatic carbocycles. The third-order valence-corrected chi connectivity index (χ3v) is 5.70. The summed E-state index contributed by atoms with van der Waals surface area (Å²) in [6.07, 6.45) is 7.25. The maximum Gasteiger partial charge on any atom is 0.244 e. The van der Waals surface area contributed by atoms with E-state index in [0.717, 1.165) is 44.4 Å². The predicted octanol–water partition coefficient (Wildman–Crippen LogP) is 3.54. The molecule has 0 bridgehead atoms. The molecule has 7 nitrogen and oxygen atoms in total. The number of anilines is 1. The minimum Gasteiger partial charge on any atom is -0.494 e. The Balaban J connectivity index is 1.10. The highest BCUT2D eigenvalue weighted by atomic mass is 19.1. The van der Waals surface area contributed by atoms with Crippen LogP contribution < -0.4 is 15.0 Å². The molecule has 1 aliphatic heterocycles. The van der Waals surface area contributed by atoms with Gasteiger partial charge in [0, 0.05) is 57.7 Å². The second-order valence-electron chi connectivity index (χ2n) is 8.34. The fourth-order valence-corrected chi connectivity index (χ4v) is 3.82. The van der Waals surface area contributed by atoms with Crippen molar-refractivity contribution in [2.75, 3.05) is 44.2 Å². The molecule has 0 aliphatic carbocycles. The van der Waals surface area contributed by atoms with Crippen LogP contribution in [0.4, 0.5) is 10.3 Å². The molecule has 8 heteroatoms. The van der Waals surface area contributed by atoms with Crippen LogP contribution in [0.15, 0.2) is 73.1 Å². The van der Waals surface area contributed by atoms with Crippen LogP contribution in [-0.4, -0.2) is 60.1 Å². The van der Waals surface area contributed by atoms with E-state index in [1.54, 1.807) is 30.6 Å². The molecule has 1 saturated heterocycles. The van der Waals surface area contributed by atoms with Gasteiger partial charge in [0.25, 0.3) is 0 Å². The lowest BCUT2D eigenvalue weighted by molar-refractivity contribution is -0.116. The van der Waals surface area contributed by atoms with Crippen LogP contribution in [0.1, 0.15) is 17.5 Å². The summed E-state index contributed by atoms with van der Waals surface area (Å²) in [6, 6.07) is 16.1. The number of halogens is 1. The van der Waals surface area contributed by atoms with Gasteiger partial charge in [-0.3, -0.25) is 9.69 Å². The van der Waals surface area contributed by atoms with Gasteiger partial charge >= 0.3 is 0 Å². The molecule has 4 rings (SSSR count). The second kappa shape index (κ2) is 12.6. The molecule has 182 valence electrons. The molecule has 1 amide bonds. The molecule has 1 aliphatic rings. The van der Waals surface area contributed by atoms with Gasteiger partial charge in [-0.25, -0.2) is 14.4 Å². The van der Waals surface area contributed by atoms with Crippen LogP contribution in [0.2, 0.25) is 0 Å². The Kier molecular flexibility index (Phi) is 8.78. The van der Waals surface area contributed by atoms with Crippen molar-refractivity contribution >= 4 is 17.9 Å². The third-order valence-electron chi connectivity index (χ3n) is 5.70. The summed E-state index contributed by atoms with van der Waals surface area (Å²) in [5.41, 5.74) is 1.90. The first-order chi connectivity index (χ1) is 17.2. The largest absolute Gasteiger partial charge is 0.494 e. The summed E-state index contributed by atoms with van der Waals surface area (Å²) in [4.78, 5) is 25.2. The molecule has 1 aromatic heterocycles. The lowest BCUT2D eigenvalue weighted by Crippen LogP contribution is -2.46. The molecular weight excluding hydrogens is 445 g/mol. The maximum atomic E-state index is 13.2. The highest BCUT2D eigenvalue weighted by molar-refractivity contribution is 5.91.